The Morgan fingerprint density at radius 1 is 0.787 bits per heavy atom. The van der Waals surface area contributed by atoms with E-state index in [1.54, 1.807) is 60.8 Å². The normalized spacial score (nSPS) is 13.8. The molecule has 1 heterocycles. The molecule has 5 aromatic rings. The third-order valence-corrected chi connectivity index (χ3v) is 10.4. The summed E-state index contributed by atoms with van der Waals surface area (Å²) < 4.78 is 44.2. The first-order valence-corrected chi connectivity index (χ1v) is 21.2. The van der Waals surface area contributed by atoms with Gasteiger partial charge in [-0.05, 0) is 65.4 Å². The molecule has 61 heavy (non-hydrogen) atoms. The molecular formula is C44H52N4O12S. The van der Waals surface area contributed by atoms with Gasteiger partial charge < -0.3 is 50.4 Å². The van der Waals surface area contributed by atoms with Crippen LogP contribution in [0.3, 0.4) is 0 Å². The molecule has 0 unspecified atom stereocenters. The molecule has 17 heteroatoms. The predicted molar refractivity (Wildman–Crippen MR) is 232 cm³/mol. The Labute approximate surface area is 354 Å². The van der Waals surface area contributed by atoms with E-state index in [1.807, 2.05) is 45.0 Å². The molecule has 0 spiro atoms. The Kier molecular flexibility index (Phi) is 14.9. The van der Waals surface area contributed by atoms with E-state index in [0.717, 1.165) is 17.4 Å². The molecule has 326 valence electrons. The summed E-state index contributed by atoms with van der Waals surface area (Å²) in [7, 11) is -0.857. The van der Waals surface area contributed by atoms with Gasteiger partial charge in [-0.1, -0.05) is 51.1 Å². The van der Waals surface area contributed by atoms with Crippen molar-refractivity contribution in [1.29, 1.82) is 0 Å². The van der Waals surface area contributed by atoms with Crippen molar-refractivity contribution >= 4 is 49.7 Å². The number of nitrogens with one attached hydrogen (secondary N) is 3. The maximum atomic E-state index is 13.5. The van der Waals surface area contributed by atoms with E-state index >= 15 is 0 Å². The number of urea groups is 1. The number of anilines is 3. The summed E-state index contributed by atoms with van der Waals surface area (Å²) in [6, 6.07) is 22.2. The number of benzene rings is 4. The van der Waals surface area contributed by atoms with Crippen molar-refractivity contribution in [3.8, 4) is 23.0 Å². The molecule has 0 bridgehead atoms. The summed E-state index contributed by atoms with van der Waals surface area (Å²) in [5.41, 5.74) is 2.99. The minimum atomic E-state index is -3.66. The van der Waals surface area contributed by atoms with Crippen LogP contribution in [0.25, 0.3) is 10.8 Å². The van der Waals surface area contributed by atoms with Gasteiger partial charge in [-0.3, -0.25) is 14.5 Å². The number of fused-ring (bicyclic) bond motifs is 1. The van der Waals surface area contributed by atoms with E-state index in [4.69, 9.17) is 19.3 Å². The van der Waals surface area contributed by atoms with Gasteiger partial charge in [0, 0.05) is 41.6 Å². The lowest BCUT2D eigenvalue weighted by Gasteiger charge is -2.25. The third-order valence-electron chi connectivity index (χ3n) is 9.79. The molecule has 4 aromatic carbocycles. The van der Waals surface area contributed by atoms with Crippen LogP contribution in [0.15, 0.2) is 85.1 Å². The molecule has 0 saturated carbocycles. The maximum Gasteiger partial charge on any atom is 0.323 e. The number of hydrogen-bond acceptors (Lipinski definition) is 13. The Bertz CT molecular complexity index is 2470. The first-order chi connectivity index (χ1) is 28.8. The number of nitrogens with zero attached hydrogens (tertiary/aromatic N) is 1. The number of aliphatic hydroxyl groups excluding tert-OH is 5. The molecule has 2 amide bonds. The second kappa shape index (κ2) is 19.7. The van der Waals surface area contributed by atoms with Crippen LogP contribution in [0.2, 0.25) is 0 Å². The number of amides is 2. The van der Waals surface area contributed by atoms with Gasteiger partial charge in [-0.25, -0.2) is 13.2 Å². The van der Waals surface area contributed by atoms with E-state index in [2.05, 4.69) is 20.3 Å². The van der Waals surface area contributed by atoms with Crippen molar-refractivity contribution in [3.05, 3.63) is 107 Å². The molecule has 0 aliphatic rings. The summed E-state index contributed by atoms with van der Waals surface area (Å²) in [6.07, 6.45) is -4.12. The average molecular weight is 861 g/mol. The topological polar surface area (TPSA) is 246 Å². The first kappa shape index (κ1) is 46.2. The van der Waals surface area contributed by atoms with Gasteiger partial charge in [0.2, 0.25) is 10.0 Å². The summed E-state index contributed by atoms with van der Waals surface area (Å²) in [6.45, 7) is 5.09. The minimum Gasteiger partial charge on any atom is -0.496 e. The van der Waals surface area contributed by atoms with Gasteiger partial charge in [0.15, 0.2) is 11.5 Å². The molecule has 4 atom stereocenters. The Hall–Kier alpha value is -5.82. The fourth-order valence-electron chi connectivity index (χ4n) is 6.57. The molecule has 0 aliphatic carbocycles. The van der Waals surface area contributed by atoms with Crippen LogP contribution in [-0.2, 0) is 21.9 Å². The SMILES string of the molecule is COc1cc(Cc2cc(Oc3ccc(NC(=O)Nc4cc(C(C)(C)C)cc(NS(C)(=O)=O)c4OC)c4ccccc34)ccn2)ccc1C(=O)CC[C@H](O)[C@@H](O)[C@H](O)[C@H](O)CO. The second-order valence-electron chi connectivity index (χ2n) is 15.5. The highest BCUT2D eigenvalue weighted by molar-refractivity contribution is 7.92. The number of aliphatic hydroxyl groups is 5. The highest BCUT2D eigenvalue weighted by Crippen LogP contribution is 2.40. The lowest BCUT2D eigenvalue weighted by atomic mass is 9.86. The number of sulfonamides is 1. The molecule has 8 N–H and O–H groups in total. The largest absolute Gasteiger partial charge is 0.496 e. The number of pyridine rings is 1. The number of aromatic nitrogens is 1. The zero-order valence-electron chi connectivity index (χ0n) is 34.7. The van der Waals surface area contributed by atoms with E-state index in [0.29, 0.717) is 45.8 Å². The molecule has 16 nitrogen and oxygen atoms in total. The van der Waals surface area contributed by atoms with Gasteiger partial charge >= 0.3 is 6.03 Å². The summed E-state index contributed by atoms with van der Waals surface area (Å²) in [5.74, 6) is 1.07. The molecule has 1 aromatic heterocycles. The fraction of sp³-hybridized carbons (Fsp3) is 0.341. The zero-order valence-corrected chi connectivity index (χ0v) is 35.5. The number of rotatable bonds is 18. The van der Waals surface area contributed by atoms with Crippen LogP contribution in [0.4, 0.5) is 21.9 Å². The second-order valence-corrected chi connectivity index (χ2v) is 17.3. The third kappa shape index (κ3) is 11.9. The quantitative estimate of drug-likeness (QED) is 0.0519. The predicted octanol–water partition coefficient (Wildman–Crippen LogP) is 5.35. The van der Waals surface area contributed by atoms with Crippen molar-refractivity contribution in [1.82, 2.24) is 4.98 Å². The van der Waals surface area contributed by atoms with Crippen LogP contribution < -0.4 is 29.6 Å². The molecule has 0 radical (unpaired) electrons. The number of methoxy groups -OCH3 is 2. The van der Waals surface area contributed by atoms with Gasteiger partial charge in [-0.15, -0.1) is 0 Å². The minimum absolute atomic E-state index is 0.146. The van der Waals surface area contributed by atoms with Gasteiger partial charge in [0.25, 0.3) is 0 Å². The Balaban J connectivity index is 1.30. The highest BCUT2D eigenvalue weighted by atomic mass is 32.2. The monoisotopic (exact) mass is 860 g/mol. The fourth-order valence-corrected chi connectivity index (χ4v) is 7.12. The van der Waals surface area contributed by atoms with E-state index in [-0.39, 0.29) is 41.3 Å². The summed E-state index contributed by atoms with van der Waals surface area (Å²) in [5, 5.41) is 55.9. The van der Waals surface area contributed by atoms with Crippen LogP contribution in [0, 0.1) is 0 Å². The van der Waals surface area contributed by atoms with Crippen LogP contribution in [-0.4, -0.2) is 102 Å². The first-order valence-electron chi connectivity index (χ1n) is 19.3. The van der Waals surface area contributed by atoms with Crippen LogP contribution in [0.5, 0.6) is 23.0 Å². The number of carbonyl (C=O) groups excluding carboxylic acids is 2. The molecule has 5 rings (SSSR count). The smallest absolute Gasteiger partial charge is 0.323 e. The molecular weight excluding hydrogens is 809 g/mol. The number of hydrogen-bond donors (Lipinski definition) is 8. The van der Waals surface area contributed by atoms with Crippen molar-refractivity contribution in [2.24, 2.45) is 0 Å². The average Bonchev–Trinajstić information content (AvgIpc) is 3.21. The molecule has 0 fully saturated rings. The van der Waals surface area contributed by atoms with Gasteiger partial charge in [0.1, 0.15) is 35.6 Å². The number of Topliss-reactive ketones (excluding diaryl/α,β-unsaturated/α-hetero) is 1. The number of ether oxygens (including phenoxy) is 3. The van der Waals surface area contributed by atoms with Gasteiger partial charge in [0.05, 0.1) is 55.8 Å². The van der Waals surface area contributed by atoms with E-state index in [1.165, 1.54) is 14.2 Å². The lowest BCUT2D eigenvalue weighted by molar-refractivity contribution is -0.116. The standard InChI is InChI=1S/C44H52N4O12S/c1-44(2,3)26-21-33(42(59-5)34(22-26)48-61(6,56)57)47-43(55)46-32-13-16-38(30-10-8-7-9-29(30)32)60-28-17-18-45-27(23-28)19-25-11-12-31(39(20-25)58-4)35(50)14-15-36(51)40(53)41(54)37(52)24-49/h7-13,16-18,20-23,36-37,40-41,48-49,51-54H,14-15,19,24H2,1-6H3,(H2,46,47,55)/t36-,37+,40+,41+/m0/s1. The van der Waals surface area contributed by atoms with Crippen LogP contribution >= 0.6 is 0 Å². The summed E-state index contributed by atoms with van der Waals surface area (Å²) >= 11 is 0. The number of ketones is 1. The highest BCUT2D eigenvalue weighted by Gasteiger charge is 2.30. The van der Waals surface area contributed by atoms with Crippen molar-refractivity contribution < 1.29 is 57.8 Å². The van der Waals surface area contributed by atoms with Crippen LogP contribution in [0.1, 0.15) is 60.8 Å². The molecule has 0 aliphatic heterocycles. The van der Waals surface area contributed by atoms with Gasteiger partial charge in [-0.2, -0.15) is 0 Å². The van der Waals surface area contributed by atoms with Crippen molar-refractivity contribution in [2.75, 3.05) is 42.4 Å². The number of carbonyl (C=O) groups is 2. The maximum absolute atomic E-state index is 13.5. The van der Waals surface area contributed by atoms with E-state index in [9.17, 15) is 38.4 Å². The Morgan fingerprint density at radius 2 is 1.46 bits per heavy atom. The zero-order chi connectivity index (χ0) is 44.6. The molecule has 0 saturated heterocycles. The summed E-state index contributed by atoms with van der Waals surface area (Å²) in [4.78, 5) is 31.1. The Morgan fingerprint density at radius 3 is 2.11 bits per heavy atom. The van der Waals surface area contributed by atoms with Crippen molar-refractivity contribution in [2.45, 2.75) is 69.9 Å². The van der Waals surface area contributed by atoms with Crippen molar-refractivity contribution in [3.63, 3.8) is 0 Å². The lowest BCUT2D eigenvalue weighted by Crippen LogP contribution is -2.45. The van der Waals surface area contributed by atoms with E-state index < -0.39 is 52.5 Å².